The summed E-state index contributed by atoms with van der Waals surface area (Å²) in [4.78, 5) is 0. The summed E-state index contributed by atoms with van der Waals surface area (Å²) in [5.74, 6) is 0. The lowest BCUT2D eigenvalue weighted by Gasteiger charge is -2.12. The van der Waals surface area contributed by atoms with E-state index in [0.29, 0.717) is 12.0 Å². The Morgan fingerprint density at radius 2 is 2.05 bits per heavy atom. The standard InChI is InChI=1S/C13H15F3O3S2/c1-8-12(21(17,18)19)7-11(20-8)6-9-3-2-4-10(5-9)13(14,15)16/h2-5,8,11-12H,6-7H2,1H3,(H,17,18,19). The number of alkyl halides is 3. The molecular weight excluding hydrogens is 325 g/mol. The van der Waals surface area contributed by atoms with Crippen molar-refractivity contribution in [1.82, 2.24) is 0 Å². The van der Waals surface area contributed by atoms with Crippen molar-refractivity contribution in [3.05, 3.63) is 35.4 Å². The van der Waals surface area contributed by atoms with Crippen molar-refractivity contribution >= 4 is 21.9 Å². The predicted molar refractivity (Wildman–Crippen MR) is 75.9 cm³/mol. The van der Waals surface area contributed by atoms with Crippen LogP contribution >= 0.6 is 11.8 Å². The maximum absolute atomic E-state index is 12.6. The van der Waals surface area contributed by atoms with Gasteiger partial charge in [-0.3, -0.25) is 4.55 Å². The second-order valence-corrected chi connectivity index (χ2v) is 8.47. The van der Waals surface area contributed by atoms with E-state index in [2.05, 4.69) is 0 Å². The van der Waals surface area contributed by atoms with Crippen LogP contribution in [0.25, 0.3) is 0 Å². The predicted octanol–water partition coefficient (Wildman–Crippen LogP) is 3.40. The summed E-state index contributed by atoms with van der Waals surface area (Å²) in [5, 5.41) is -1.23. The smallest absolute Gasteiger partial charge is 0.285 e. The largest absolute Gasteiger partial charge is 0.416 e. The molecule has 8 heteroatoms. The second kappa shape index (κ2) is 5.81. The van der Waals surface area contributed by atoms with E-state index in [1.54, 1.807) is 13.0 Å². The highest BCUT2D eigenvalue weighted by Crippen LogP contribution is 2.39. The number of halogens is 3. The maximum Gasteiger partial charge on any atom is 0.416 e. The minimum atomic E-state index is -4.39. The zero-order valence-electron chi connectivity index (χ0n) is 11.2. The molecule has 0 radical (unpaired) electrons. The molecule has 3 unspecified atom stereocenters. The van der Waals surface area contributed by atoms with E-state index >= 15 is 0 Å². The van der Waals surface area contributed by atoms with Gasteiger partial charge in [0.2, 0.25) is 0 Å². The van der Waals surface area contributed by atoms with Crippen molar-refractivity contribution in [3.63, 3.8) is 0 Å². The van der Waals surface area contributed by atoms with Gasteiger partial charge in [-0.25, -0.2) is 0 Å². The first-order chi connectivity index (χ1) is 9.57. The Kier molecular flexibility index (Phi) is 4.60. The van der Waals surface area contributed by atoms with Crippen molar-refractivity contribution in [2.24, 2.45) is 0 Å². The van der Waals surface area contributed by atoms with Crippen molar-refractivity contribution in [1.29, 1.82) is 0 Å². The molecule has 118 valence electrons. The highest BCUT2D eigenvalue weighted by atomic mass is 32.2. The van der Waals surface area contributed by atoms with Crippen LogP contribution in [0.2, 0.25) is 0 Å². The molecule has 3 nitrogen and oxygen atoms in total. The molecular formula is C13H15F3O3S2. The summed E-state index contributed by atoms with van der Waals surface area (Å²) in [6, 6.07) is 5.05. The zero-order chi connectivity index (χ0) is 15.8. The Bertz CT molecular complexity index is 613. The Labute approximate surface area is 125 Å². The van der Waals surface area contributed by atoms with Gasteiger partial charge in [0.15, 0.2) is 0 Å². The molecule has 0 amide bonds. The van der Waals surface area contributed by atoms with Crippen LogP contribution < -0.4 is 0 Å². The van der Waals surface area contributed by atoms with E-state index in [9.17, 15) is 21.6 Å². The molecule has 1 aliphatic heterocycles. The van der Waals surface area contributed by atoms with Gasteiger partial charge >= 0.3 is 6.18 Å². The molecule has 0 aromatic heterocycles. The maximum atomic E-state index is 12.6. The molecule has 2 rings (SSSR count). The lowest BCUT2D eigenvalue weighted by molar-refractivity contribution is -0.137. The van der Waals surface area contributed by atoms with Crippen LogP contribution in [-0.4, -0.2) is 28.7 Å². The number of hydrogen-bond donors (Lipinski definition) is 1. The summed E-state index contributed by atoms with van der Waals surface area (Å²) in [7, 11) is -4.11. The highest BCUT2D eigenvalue weighted by molar-refractivity contribution is 8.02. The Morgan fingerprint density at radius 3 is 2.57 bits per heavy atom. The van der Waals surface area contributed by atoms with Crippen LogP contribution in [0.1, 0.15) is 24.5 Å². The summed E-state index contributed by atoms with van der Waals surface area (Å²) >= 11 is 1.39. The van der Waals surface area contributed by atoms with Crippen LogP contribution in [0.4, 0.5) is 13.2 Å². The van der Waals surface area contributed by atoms with Crippen LogP contribution in [-0.2, 0) is 22.7 Å². The van der Waals surface area contributed by atoms with Gasteiger partial charge in [-0.1, -0.05) is 25.1 Å². The molecule has 1 N–H and O–H groups in total. The molecule has 1 fully saturated rings. The fourth-order valence-corrected chi connectivity index (χ4v) is 5.73. The molecule has 0 bridgehead atoms. The molecule has 1 aliphatic rings. The zero-order valence-corrected chi connectivity index (χ0v) is 12.8. The van der Waals surface area contributed by atoms with E-state index in [4.69, 9.17) is 4.55 Å². The van der Waals surface area contributed by atoms with Gasteiger partial charge in [-0.2, -0.15) is 33.4 Å². The van der Waals surface area contributed by atoms with Crippen molar-refractivity contribution < 1.29 is 26.1 Å². The molecule has 1 aromatic rings. The van der Waals surface area contributed by atoms with Gasteiger partial charge in [0.05, 0.1) is 10.8 Å². The quantitative estimate of drug-likeness (QED) is 0.857. The molecule has 1 saturated heterocycles. The van der Waals surface area contributed by atoms with E-state index in [-0.39, 0.29) is 16.9 Å². The minimum Gasteiger partial charge on any atom is -0.285 e. The van der Waals surface area contributed by atoms with E-state index in [1.165, 1.54) is 17.8 Å². The normalized spacial score (nSPS) is 27.0. The summed E-state index contributed by atoms with van der Waals surface area (Å²) < 4.78 is 69.5. The molecule has 3 atom stereocenters. The lowest BCUT2D eigenvalue weighted by atomic mass is 10.0. The van der Waals surface area contributed by atoms with Gasteiger partial charge in [-0.15, -0.1) is 0 Å². The van der Waals surface area contributed by atoms with Crippen molar-refractivity contribution in [2.45, 2.75) is 41.7 Å². The lowest BCUT2D eigenvalue weighted by Crippen LogP contribution is -2.25. The van der Waals surface area contributed by atoms with Crippen LogP contribution in [0.15, 0.2) is 24.3 Å². The number of rotatable bonds is 3. The van der Waals surface area contributed by atoms with Gasteiger partial charge in [-0.05, 0) is 24.5 Å². The molecule has 0 aliphatic carbocycles. The molecule has 0 spiro atoms. The average Bonchev–Trinajstić information content (AvgIpc) is 2.69. The van der Waals surface area contributed by atoms with Gasteiger partial charge in [0.1, 0.15) is 0 Å². The molecule has 21 heavy (non-hydrogen) atoms. The fraction of sp³-hybridized carbons (Fsp3) is 0.538. The molecule has 0 saturated carbocycles. The first kappa shape index (κ1) is 16.6. The number of hydrogen-bond acceptors (Lipinski definition) is 3. The summed E-state index contributed by atoms with van der Waals surface area (Å²) in [5.41, 5.74) is -0.187. The number of benzene rings is 1. The second-order valence-electron chi connectivity index (χ2n) is 5.15. The average molecular weight is 340 g/mol. The molecule has 1 aromatic carbocycles. The fourth-order valence-electron chi connectivity index (χ4n) is 2.53. The highest BCUT2D eigenvalue weighted by Gasteiger charge is 2.39. The first-order valence-corrected chi connectivity index (χ1v) is 8.80. The topological polar surface area (TPSA) is 54.4 Å². The third-order valence-corrected chi connectivity index (χ3v) is 6.57. The van der Waals surface area contributed by atoms with Gasteiger partial charge < -0.3 is 0 Å². The first-order valence-electron chi connectivity index (χ1n) is 6.35. The Balaban J connectivity index is 2.10. The van der Waals surface area contributed by atoms with Crippen molar-refractivity contribution in [3.8, 4) is 0 Å². The van der Waals surface area contributed by atoms with E-state index in [0.717, 1.165) is 12.1 Å². The minimum absolute atomic E-state index is 0.115. The Morgan fingerprint density at radius 1 is 1.38 bits per heavy atom. The Hall–Kier alpha value is -0.730. The number of thioether (sulfide) groups is 1. The SMILES string of the molecule is CC1SC(Cc2cccc(C(F)(F)F)c2)CC1S(=O)(=O)O. The van der Waals surface area contributed by atoms with Gasteiger partial charge in [0.25, 0.3) is 10.1 Å². The molecule has 1 heterocycles. The van der Waals surface area contributed by atoms with Crippen LogP contribution in [0.3, 0.4) is 0 Å². The van der Waals surface area contributed by atoms with Crippen LogP contribution in [0, 0.1) is 0 Å². The monoisotopic (exact) mass is 340 g/mol. The van der Waals surface area contributed by atoms with E-state index < -0.39 is 27.1 Å². The third kappa shape index (κ3) is 4.14. The van der Waals surface area contributed by atoms with Crippen molar-refractivity contribution in [2.75, 3.05) is 0 Å². The summed E-state index contributed by atoms with van der Waals surface area (Å²) in [6.45, 7) is 1.70. The summed E-state index contributed by atoms with van der Waals surface area (Å²) in [6.07, 6.45) is -3.78. The van der Waals surface area contributed by atoms with E-state index in [1.807, 2.05) is 0 Å². The van der Waals surface area contributed by atoms with Crippen LogP contribution in [0.5, 0.6) is 0 Å². The third-order valence-electron chi connectivity index (χ3n) is 3.53. The van der Waals surface area contributed by atoms with Gasteiger partial charge in [0, 0.05) is 10.5 Å².